The Morgan fingerprint density at radius 3 is 2.52 bits per heavy atom. The van der Waals surface area contributed by atoms with E-state index in [0.29, 0.717) is 19.5 Å². The standard InChI is InChI=1S/C21H26F2N4O2/c1-25-17(13-16(24-25)19(22)23)20(28)27-12-9-21(29,15-7-3-2-4-8-15)18(14-27)26-10-5-6-11-26/h2-4,7-8,13,18-19,29H,5-6,9-12,14H2,1H3/t18-,21+/m1/s1. The number of likely N-dealkylation sites (tertiary alicyclic amines) is 2. The summed E-state index contributed by atoms with van der Waals surface area (Å²) in [6, 6.07) is 10.5. The lowest BCUT2D eigenvalue weighted by atomic mass is 9.79. The predicted octanol–water partition coefficient (Wildman–Crippen LogP) is 2.56. The van der Waals surface area contributed by atoms with Crippen LogP contribution in [0.5, 0.6) is 0 Å². The molecule has 2 aromatic rings. The van der Waals surface area contributed by atoms with Crippen LogP contribution in [0, 0.1) is 0 Å². The SMILES string of the molecule is Cn1nc(C(F)F)cc1C(=O)N1CC[C@](O)(c2ccccc2)[C@H](N2CCCC2)C1. The summed E-state index contributed by atoms with van der Waals surface area (Å²) < 4.78 is 27.2. The van der Waals surface area contributed by atoms with Crippen molar-refractivity contribution in [3.05, 3.63) is 53.3 Å². The van der Waals surface area contributed by atoms with Crippen LogP contribution >= 0.6 is 0 Å². The number of alkyl halides is 2. The van der Waals surface area contributed by atoms with E-state index in [9.17, 15) is 18.7 Å². The van der Waals surface area contributed by atoms with Crippen LogP contribution in [-0.4, -0.2) is 62.8 Å². The fourth-order valence-corrected chi connectivity index (χ4v) is 4.60. The maximum atomic E-state index is 13.1. The highest BCUT2D eigenvalue weighted by molar-refractivity contribution is 5.92. The zero-order valence-electron chi connectivity index (χ0n) is 16.5. The molecule has 2 atom stereocenters. The minimum absolute atomic E-state index is 0.144. The van der Waals surface area contributed by atoms with Crippen molar-refractivity contribution < 1.29 is 18.7 Å². The molecule has 156 valence electrons. The highest BCUT2D eigenvalue weighted by Crippen LogP contribution is 2.37. The summed E-state index contributed by atoms with van der Waals surface area (Å²) >= 11 is 0. The van der Waals surface area contributed by atoms with E-state index in [1.54, 1.807) is 4.90 Å². The molecule has 4 rings (SSSR count). The Hall–Kier alpha value is -2.32. The number of hydrogen-bond acceptors (Lipinski definition) is 4. The number of aliphatic hydroxyl groups is 1. The van der Waals surface area contributed by atoms with E-state index in [1.165, 1.54) is 11.7 Å². The molecule has 29 heavy (non-hydrogen) atoms. The number of aromatic nitrogens is 2. The van der Waals surface area contributed by atoms with Crippen molar-refractivity contribution in [3.8, 4) is 0 Å². The molecule has 2 saturated heterocycles. The summed E-state index contributed by atoms with van der Waals surface area (Å²) in [5.74, 6) is -0.328. The average Bonchev–Trinajstić information content (AvgIpc) is 3.38. The maximum Gasteiger partial charge on any atom is 0.282 e. The Morgan fingerprint density at radius 2 is 1.90 bits per heavy atom. The lowest BCUT2D eigenvalue weighted by molar-refractivity contribution is -0.0879. The lowest BCUT2D eigenvalue weighted by Crippen LogP contribution is -2.61. The molecular formula is C21H26F2N4O2. The van der Waals surface area contributed by atoms with Crippen molar-refractivity contribution >= 4 is 5.91 Å². The molecule has 2 fully saturated rings. The first-order chi connectivity index (χ1) is 13.9. The van der Waals surface area contributed by atoms with E-state index in [0.717, 1.165) is 37.6 Å². The van der Waals surface area contributed by atoms with Crippen molar-refractivity contribution in [2.24, 2.45) is 7.05 Å². The molecule has 0 saturated carbocycles. The number of halogens is 2. The molecule has 6 nitrogen and oxygen atoms in total. The summed E-state index contributed by atoms with van der Waals surface area (Å²) in [6.45, 7) is 2.45. The Labute approximate surface area is 168 Å². The van der Waals surface area contributed by atoms with Crippen LogP contribution in [-0.2, 0) is 12.6 Å². The summed E-state index contributed by atoms with van der Waals surface area (Å²) in [6.07, 6.45) is -0.197. The van der Waals surface area contributed by atoms with E-state index >= 15 is 0 Å². The molecule has 1 amide bonds. The smallest absolute Gasteiger partial charge is 0.282 e. The third kappa shape index (κ3) is 3.67. The molecule has 2 aliphatic heterocycles. The van der Waals surface area contributed by atoms with Crippen LogP contribution in [0.1, 0.15) is 47.4 Å². The van der Waals surface area contributed by atoms with Gasteiger partial charge in [0.05, 0.1) is 6.04 Å². The molecule has 1 aromatic carbocycles. The molecule has 2 aliphatic rings. The highest BCUT2D eigenvalue weighted by atomic mass is 19.3. The van der Waals surface area contributed by atoms with Gasteiger partial charge in [-0.25, -0.2) is 8.78 Å². The number of amides is 1. The molecule has 1 aromatic heterocycles. The summed E-state index contributed by atoms with van der Waals surface area (Å²) in [4.78, 5) is 17.0. The third-order valence-electron chi connectivity index (χ3n) is 6.19. The van der Waals surface area contributed by atoms with Gasteiger partial charge in [-0.1, -0.05) is 30.3 Å². The number of nitrogens with zero attached hydrogens (tertiary/aromatic N) is 4. The van der Waals surface area contributed by atoms with Crippen molar-refractivity contribution in [2.45, 2.75) is 37.3 Å². The molecule has 3 heterocycles. The van der Waals surface area contributed by atoms with Crippen molar-refractivity contribution in [1.29, 1.82) is 0 Å². The third-order valence-corrected chi connectivity index (χ3v) is 6.19. The number of benzene rings is 1. The molecule has 0 aliphatic carbocycles. The molecular weight excluding hydrogens is 378 g/mol. The first-order valence-corrected chi connectivity index (χ1v) is 10.0. The number of carbonyl (C=O) groups is 1. The van der Waals surface area contributed by atoms with Crippen molar-refractivity contribution in [3.63, 3.8) is 0 Å². The molecule has 0 unspecified atom stereocenters. The fraction of sp³-hybridized carbons (Fsp3) is 0.524. The zero-order chi connectivity index (χ0) is 20.6. The Kier molecular flexibility index (Phi) is 5.40. The highest BCUT2D eigenvalue weighted by Gasteiger charge is 2.47. The van der Waals surface area contributed by atoms with Crippen LogP contribution in [0.15, 0.2) is 36.4 Å². The Morgan fingerprint density at radius 1 is 1.21 bits per heavy atom. The van der Waals surface area contributed by atoms with Gasteiger partial charge in [0.25, 0.3) is 12.3 Å². The van der Waals surface area contributed by atoms with E-state index in [2.05, 4.69) is 10.00 Å². The summed E-state index contributed by atoms with van der Waals surface area (Å²) in [5.41, 5.74) is -0.455. The minimum atomic E-state index is -2.72. The quantitative estimate of drug-likeness (QED) is 0.851. The van der Waals surface area contributed by atoms with E-state index in [-0.39, 0.29) is 17.6 Å². The van der Waals surface area contributed by atoms with Gasteiger partial charge in [0.2, 0.25) is 0 Å². The van der Waals surface area contributed by atoms with Crippen LogP contribution in [0.2, 0.25) is 0 Å². The summed E-state index contributed by atoms with van der Waals surface area (Å²) in [5, 5.41) is 15.4. The molecule has 0 spiro atoms. The van der Waals surface area contributed by atoms with E-state index in [4.69, 9.17) is 0 Å². The van der Waals surface area contributed by atoms with Crippen molar-refractivity contribution in [2.75, 3.05) is 26.2 Å². The first-order valence-electron chi connectivity index (χ1n) is 10.0. The monoisotopic (exact) mass is 404 g/mol. The molecule has 8 heteroatoms. The fourth-order valence-electron chi connectivity index (χ4n) is 4.60. The minimum Gasteiger partial charge on any atom is -0.383 e. The van der Waals surface area contributed by atoms with Crippen molar-refractivity contribution in [1.82, 2.24) is 19.6 Å². The van der Waals surface area contributed by atoms with Gasteiger partial charge >= 0.3 is 0 Å². The zero-order valence-corrected chi connectivity index (χ0v) is 16.5. The largest absolute Gasteiger partial charge is 0.383 e. The van der Waals surface area contributed by atoms with Gasteiger partial charge in [-0.2, -0.15) is 5.10 Å². The maximum absolute atomic E-state index is 13.1. The van der Waals surface area contributed by atoms with Gasteiger partial charge in [0, 0.05) is 20.1 Å². The number of rotatable bonds is 4. The number of carbonyl (C=O) groups excluding carboxylic acids is 1. The summed E-state index contributed by atoms with van der Waals surface area (Å²) in [7, 11) is 1.50. The number of aryl methyl sites for hydroxylation is 1. The van der Waals surface area contributed by atoms with Crippen LogP contribution in [0.25, 0.3) is 0 Å². The molecule has 1 N–H and O–H groups in total. The Bertz CT molecular complexity index is 867. The average molecular weight is 404 g/mol. The van der Waals surface area contributed by atoms with Gasteiger partial charge in [-0.05, 0) is 44.0 Å². The second-order valence-electron chi connectivity index (χ2n) is 7.93. The van der Waals surface area contributed by atoms with Crippen LogP contribution in [0.3, 0.4) is 0 Å². The van der Waals surface area contributed by atoms with Crippen LogP contribution < -0.4 is 0 Å². The number of piperidine rings is 1. The normalized spacial score (nSPS) is 25.7. The van der Waals surface area contributed by atoms with Gasteiger partial charge in [0.15, 0.2) is 0 Å². The lowest BCUT2D eigenvalue weighted by Gasteiger charge is -2.48. The topological polar surface area (TPSA) is 61.6 Å². The van der Waals surface area contributed by atoms with Gasteiger partial charge in [-0.3, -0.25) is 14.4 Å². The first kappa shape index (κ1) is 20.0. The second kappa shape index (κ2) is 7.84. The second-order valence-corrected chi connectivity index (χ2v) is 7.93. The van der Waals surface area contributed by atoms with Crippen LogP contribution in [0.4, 0.5) is 8.78 Å². The van der Waals surface area contributed by atoms with Gasteiger partial charge in [-0.15, -0.1) is 0 Å². The van der Waals surface area contributed by atoms with E-state index < -0.39 is 17.7 Å². The van der Waals surface area contributed by atoms with Gasteiger partial charge < -0.3 is 10.0 Å². The predicted molar refractivity (Wildman–Crippen MR) is 104 cm³/mol. The van der Waals surface area contributed by atoms with E-state index in [1.807, 2.05) is 30.3 Å². The molecule has 0 radical (unpaired) electrons. The number of hydrogen-bond donors (Lipinski definition) is 1. The molecule has 0 bridgehead atoms. The van der Waals surface area contributed by atoms with Gasteiger partial charge in [0.1, 0.15) is 17.0 Å². The Balaban J connectivity index is 1.61.